The fourth-order valence-corrected chi connectivity index (χ4v) is 1.18. The Bertz CT molecular complexity index is 148. The van der Waals surface area contributed by atoms with Gasteiger partial charge in [0.2, 0.25) is 0 Å². The number of hydrogen-bond donors (Lipinski definition) is 2. The summed E-state index contributed by atoms with van der Waals surface area (Å²) in [5, 5.41) is 0. The molecule has 0 radical (unpaired) electrons. The third-order valence-corrected chi connectivity index (χ3v) is 1.69. The van der Waals surface area contributed by atoms with Crippen LogP contribution in [0.2, 0.25) is 0 Å². The summed E-state index contributed by atoms with van der Waals surface area (Å²) in [6, 6.07) is -0.323. The largest absolute Gasteiger partial charge is 0.462 e. The molecule has 0 aliphatic heterocycles. The van der Waals surface area contributed by atoms with Crippen molar-refractivity contribution in [3.05, 3.63) is 0 Å². The molecule has 0 aromatic carbocycles. The third kappa shape index (κ3) is 3.97. The molecule has 0 aliphatic carbocycles. The SMILES string of the molecule is CC(C)OC(=O)C(NS)C(C)C. The smallest absolute Gasteiger partial charge is 0.324 e. The normalized spacial score (nSPS) is 13.6. The number of nitrogens with one attached hydrogen (secondary N) is 1. The standard InChI is InChI=1S/C8H17NO2S/c1-5(2)7(9-12)8(10)11-6(3)4/h5-7,9,12H,1-4H3. The summed E-state index contributed by atoms with van der Waals surface area (Å²) < 4.78 is 7.64. The summed E-state index contributed by atoms with van der Waals surface area (Å²) in [4.78, 5) is 11.3. The molecule has 0 spiro atoms. The number of ether oxygens (including phenoxy) is 1. The van der Waals surface area contributed by atoms with Crippen LogP contribution in [0.15, 0.2) is 0 Å². The van der Waals surface area contributed by atoms with Crippen molar-refractivity contribution in [1.82, 2.24) is 4.72 Å². The first-order valence-corrected chi connectivity index (χ1v) is 4.53. The summed E-state index contributed by atoms with van der Waals surface area (Å²) in [7, 11) is 0. The molecule has 0 aliphatic rings. The minimum absolute atomic E-state index is 0.0690. The molecule has 0 rings (SSSR count). The van der Waals surface area contributed by atoms with Crippen LogP contribution < -0.4 is 4.72 Å². The van der Waals surface area contributed by atoms with Gasteiger partial charge in [-0.15, -0.1) is 0 Å². The molecule has 0 amide bonds. The molecular weight excluding hydrogens is 174 g/mol. The van der Waals surface area contributed by atoms with Gasteiger partial charge < -0.3 is 4.74 Å². The van der Waals surface area contributed by atoms with Gasteiger partial charge in [-0.3, -0.25) is 9.52 Å². The Balaban J connectivity index is 4.04. The lowest BCUT2D eigenvalue weighted by Crippen LogP contribution is -2.38. The van der Waals surface area contributed by atoms with Crippen molar-refractivity contribution in [3.8, 4) is 0 Å². The maximum Gasteiger partial charge on any atom is 0.324 e. The molecule has 1 atom stereocenters. The first kappa shape index (κ1) is 11.8. The average molecular weight is 191 g/mol. The average Bonchev–Trinajstić information content (AvgIpc) is 1.85. The first-order valence-electron chi connectivity index (χ1n) is 4.09. The van der Waals surface area contributed by atoms with Gasteiger partial charge in [-0.25, -0.2) is 0 Å². The molecule has 0 saturated heterocycles. The molecule has 1 N–H and O–H groups in total. The van der Waals surface area contributed by atoms with Crippen molar-refractivity contribution in [3.63, 3.8) is 0 Å². The summed E-state index contributed by atoms with van der Waals surface area (Å²) in [5.41, 5.74) is 0. The van der Waals surface area contributed by atoms with E-state index < -0.39 is 0 Å². The van der Waals surface area contributed by atoms with Crippen molar-refractivity contribution in [1.29, 1.82) is 0 Å². The summed E-state index contributed by atoms with van der Waals surface area (Å²) in [6.07, 6.45) is -0.0690. The molecule has 0 saturated carbocycles. The minimum atomic E-state index is -0.323. The Morgan fingerprint density at radius 1 is 1.33 bits per heavy atom. The van der Waals surface area contributed by atoms with Crippen LogP contribution in [-0.2, 0) is 9.53 Å². The molecule has 72 valence electrons. The lowest BCUT2D eigenvalue weighted by Gasteiger charge is -2.19. The van der Waals surface area contributed by atoms with Gasteiger partial charge in [0.1, 0.15) is 6.04 Å². The third-order valence-electron chi connectivity index (χ3n) is 1.41. The van der Waals surface area contributed by atoms with E-state index in [4.69, 9.17) is 4.74 Å². The summed E-state index contributed by atoms with van der Waals surface area (Å²) >= 11 is 3.87. The van der Waals surface area contributed by atoms with E-state index in [9.17, 15) is 4.79 Å². The zero-order valence-corrected chi connectivity index (χ0v) is 8.89. The number of carbonyl (C=O) groups is 1. The zero-order valence-electron chi connectivity index (χ0n) is 8.00. The van der Waals surface area contributed by atoms with Crippen LogP contribution in [0.4, 0.5) is 0 Å². The minimum Gasteiger partial charge on any atom is -0.462 e. The molecule has 12 heavy (non-hydrogen) atoms. The second-order valence-corrected chi connectivity index (χ2v) is 3.59. The van der Waals surface area contributed by atoms with Gasteiger partial charge in [0.15, 0.2) is 0 Å². The highest BCUT2D eigenvalue weighted by molar-refractivity contribution is 7.78. The van der Waals surface area contributed by atoms with Crippen LogP contribution in [-0.4, -0.2) is 18.1 Å². The zero-order chi connectivity index (χ0) is 9.72. The Hall–Kier alpha value is -0.220. The van der Waals surface area contributed by atoms with Crippen molar-refractivity contribution < 1.29 is 9.53 Å². The van der Waals surface area contributed by atoms with Crippen molar-refractivity contribution >= 4 is 18.8 Å². The Morgan fingerprint density at radius 2 is 1.83 bits per heavy atom. The maximum absolute atomic E-state index is 11.3. The number of rotatable bonds is 4. The number of hydrogen-bond acceptors (Lipinski definition) is 4. The lowest BCUT2D eigenvalue weighted by atomic mass is 10.1. The molecule has 0 heterocycles. The van der Waals surface area contributed by atoms with E-state index in [-0.39, 0.29) is 24.0 Å². The van der Waals surface area contributed by atoms with Crippen LogP contribution in [0, 0.1) is 5.92 Å². The Labute approximate surface area is 79.4 Å². The van der Waals surface area contributed by atoms with Crippen LogP contribution in [0.25, 0.3) is 0 Å². The molecule has 0 aromatic heterocycles. The van der Waals surface area contributed by atoms with Gasteiger partial charge in [-0.1, -0.05) is 26.7 Å². The van der Waals surface area contributed by atoms with E-state index in [1.807, 2.05) is 27.7 Å². The highest BCUT2D eigenvalue weighted by atomic mass is 32.1. The molecule has 0 fully saturated rings. The molecule has 1 unspecified atom stereocenters. The molecule has 0 aromatic rings. The number of carbonyl (C=O) groups excluding carboxylic acids is 1. The van der Waals surface area contributed by atoms with Gasteiger partial charge in [-0.05, 0) is 19.8 Å². The van der Waals surface area contributed by atoms with Gasteiger partial charge in [0.25, 0.3) is 0 Å². The fraction of sp³-hybridized carbons (Fsp3) is 0.875. The highest BCUT2D eigenvalue weighted by Crippen LogP contribution is 2.05. The maximum atomic E-state index is 11.3. The van der Waals surface area contributed by atoms with Gasteiger partial charge in [0, 0.05) is 0 Å². The molecule has 4 heteroatoms. The van der Waals surface area contributed by atoms with E-state index >= 15 is 0 Å². The van der Waals surface area contributed by atoms with E-state index in [1.165, 1.54) is 0 Å². The topological polar surface area (TPSA) is 38.3 Å². The lowest BCUT2D eigenvalue weighted by molar-refractivity contribution is -0.150. The van der Waals surface area contributed by atoms with E-state index in [0.29, 0.717) is 0 Å². The number of thiol groups is 1. The Kier molecular flexibility index (Phi) is 5.33. The molecular formula is C8H17NO2S. The van der Waals surface area contributed by atoms with E-state index in [0.717, 1.165) is 0 Å². The van der Waals surface area contributed by atoms with E-state index in [2.05, 4.69) is 17.5 Å². The van der Waals surface area contributed by atoms with Crippen LogP contribution >= 0.6 is 12.8 Å². The van der Waals surface area contributed by atoms with Gasteiger partial charge in [0.05, 0.1) is 6.10 Å². The first-order chi connectivity index (χ1) is 5.49. The number of esters is 1. The predicted octanol–water partition coefficient (Wildman–Crippen LogP) is 1.40. The van der Waals surface area contributed by atoms with Gasteiger partial charge >= 0.3 is 5.97 Å². The van der Waals surface area contributed by atoms with Crippen LogP contribution in [0.3, 0.4) is 0 Å². The summed E-state index contributed by atoms with van der Waals surface area (Å²) in [6.45, 7) is 7.53. The van der Waals surface area contributed by atoms with Crippen LogP contribution in [0.5, 0.6) is 0 Å². The fourth-order valence-electron chi connectivity index (χ4n) is 0.780. The molecule has 0 bridgehead atoms. The highest BCUT2D eigenvalue weighted by Gasteiger charge is 2.22. The van der Waals surface area contributed by atoms with Crippen LogP contribution in [0.1, 0.15) is 27.7 Å². The van der Waals surface area contributed by atoms with Crippen molar-refractivity contribution in [2.24, 2.45) is 5.92 Å². The second kappa shape index (κ2) is 5.43. The Morgan fingerprint density at radius 3 is 2.08 bits per heavy atom. The van der Waals surface area contributed by atoms with Gasteiger partial charge in [-0.2, -0.15) is 0 Å². The molecule has 3 nitrogen and oxygen atoms in total. The second-order valence-electron chi connectivity index (χ2n) is 3.34. The quantitative estimate of drug-likeness (QED) is 0.521. The van der Waals surface area contributed by atoms with Crippen molar-refractivity contribution in [2.45, 2.75) is 39.8 Å². The van der Waals surface area contributed by atoms with E-state index in [1.54, 1.807) is 0 Å². The summed E-state index contributed by atoms with van der Waals surface area (Å²) in [5.74, 6) is -0.0521. The monoisotopic (exact) mass is 191 g/mol. The van der Waals surface area contributed by atoms with Crippen molar-refractivity contribution in [2.75, 3.05) is 0 Å². The predicted molar refractivity (Wildman–Crippen MR) is 52.0 cm³/mol.